The molecule has 2 aromatic carbocycles. The number of hydrogen-bond acceptors (Lipinski definition) is 5. The molecule has 0 saturated heterocycles. The number of nitrogen functional groups attached to an aromatic ring is 1. The summed E-state index contributed by atoms with van der Waals surface area (Å²) in [6.07, 6.45) is 4.68. The number of aromatic nitrogens is 1. The maximum absolute atomic E-state index is 12.2. The van der Waals surface area contributed by atoms with Crippen molar-refractivity contribution in [2.24, 2.45) is 0 Å². The fourth-order valence-corrected chi connectivity index (χ4v) is 4.25. The van der Waals surface area contributed by atoms with E-state index in [1.54, 1.807) is 36.4 Å². The standard InChI is InChI=1S/C26H21ClN4O3/c1-31-14-19-8-16(4-5-21(19)26(31)33)17-9-18-10-20(34-25(18)22(27)11-17)13-30-24(32)7-3-15-2-6-23(28)29-12-15/h2-12H,13-14H2,1H3,(H2,28,29)(H,30,32). The van der Waals surface area contributed by atoms with Crippen molar-refractivity contribution in [3.8, 4) is 11.1 Å². The lowest BCUT2D eigenvalue weighted by molar-refractivity contribution is -0.116. The number of nitrogens with one attached hydrogen (secondary N) is 1. The second-order valence-corrected chi connectivity index (χ2v) is 8.60. The normalized spacial score (nSPS) is 13.1. The fraction of sp³-hybridized carbons (Fsp3) is 0.115. The van der Waals surface area contributed by atoms with Gasteiger partial charge in [-0.05, 0) is 70.8 Å². The van der Waals surface area contributed by atoms with Gasteiger partial charge in [-0.2, -0.15) is 0 Å². The summed E-state index contributed by atoms with van der Waals surface area (Å²) in [4.78, 5) is 30.0. The summed E-state index contributed by atoms with van der Waals surface area (Å²) >= 11 is 6.51. The van der Waals surface area contributed by atoms with Gasteiger partial charge in [0.05, 0.1) is 11.6 Å². The van der Waals surface area contributed by atoms with Crippen LogP contribution in [0, 0.1) is 0 Å². The minimum absolute atomic E-state index is 0.0385. The van der Waals surface area contributed by atoms with Crippen molar-refractivity contribution >= 4 is 46.3 Å². The minimum Gasteiger partial charge on any atom is -0.458 e. The average Bonchev–Trinajstić information content (AvgIpc) is 3.37. The molecule has 2 aromatic heterocycles. The first kappa shape index (κ1) is 21.7. The van der Waals surface area contributed by atoms with Crippen molar-refractivity contribution in [3.05, 3.63) is 88.3 Å². The van der Waals surface area contributed by atoms with Crippen molar-refractivity contribution in [2.45, 2.75) is 13.1 Å². The summed E-state index contributed by atoms with van der Waals surface area (Å²) in [7, 11) is 1.79. The average molecular weight is 473 g/mol. The molecule has 0 radical (unpaired) electrons. The monoisotopic (exact) mass is 472 g/mol. The number of furan rings is 1. The van der Waals surface area contributed by atoms with Gasteiger partial charge in [0.15, 0.2) is 5.58 Å². The first-order valence-corrected chi connectivity index (χ1v) is 11.0. The highest BCUT2D eigenvalue weighted by Gasteiger charge is 2.24. The van der Waals surface area contributed by atoms with Crippen LogP contribution in [-0.4, -0.2) is 28.7 Å². The Hall–Kier alpha value is -4.10. The molecule has 1 aliphatic heterocycles. The van der Waals surface area contributed by atoms with Gasteiger partial charge in [-0.15, -0.1) is 0 Å². The minimum atomic E-state index is -0.262. The molecular weight excluding hydrogens is 452 g/mol. The molecule has 0 spiro atoms. The molecule has 8 heteroatoms. The number of rotatable bonds is 5. The van der Waals surface area contributed by atoms with Crippen molar-refractivity contribution in [1.82, 2.24) is 15.2 Å². The van der Waals surface area contributed by atoms with Gasteiger partial charge in [0.25, 0.3) is 5.91 Å². The number of benzene rings is 2. The number of nitrogens with zero attached hydrogens (tertiary/aromatic N) is 2. The molecule has 5 rings (SSSR count). The van der Waals surface area contributed by atoms with Crippen LogP contribution in [-0.2, 0) is 17.9 Å². The van der Waals surface area contributed by atoms with Crippen LogP contribution < -0.4 is 11.1 Å². The van der Waals surface area contributed by atoms with Crippen LogP contribution in [0.5, 0.6) is 0 Å². The van der Waals surface area contributed by atoms with E-state index in [1.807, 2.05) is 36.4 Å². The number of amides is 2. The summed E-state index contributed by atoms with van der Waals surface area (Å²) in [6, 6.07) is 15.0. The third-order valence-corrected chi connectivity index (χ3v) is 6.00. The molecule has 0 unspecified atom stereocenters. The van der Waals surface area contributed by atoms with Crippen LogP contribution in [0.2, 0.25) is 5.02 Å². The molecule has 0 atom stereocenters. The lowest BCUT2D eigenvalue weighted by atomic mass is 9.99. The van der Waals surface area contributed by atoms with E-state index in [0.29, 0.717) is 28.7 Å². The van der Waals surface area contributed by atoms with Gasteiger partial charge >= 0.3 is 0 Å². The fourth-order valence-electron chi connectivity index (χ4n) is 3.98. The van der Waals surface area contributed by atoms with Crippen molar-refractivity contribution in [3.63, 3.8) is 0 Å². The third kappa shape index (κ3) is 4.25. The second kappa shape index (κ2) is 8.68. The van der Waals surface area contributed by atoms with Gasteiger partial charge in [-0.3, -0.25) is 9.59 Å². The largest absolute Gasteiger partial charge is 0.458 e. The first-order chi connectivity index (χ1) is 16.4. The van der Waals surface area contributed by atoms with Gasteiger partial charge in [0.1, 0.15) is 11.6 Å². The summed E-state index contributed by atoms with van der Waals surface area (Å²) in [6.45, 7) is 0.813. The van der Waals surface area contributed by atoms with Gasteiger partial charge in [-0.1, -0.05) is 17.7 Å². The molecule has 170 valence electrons. The highest BCUT2D eigenvalue weighted by molar-refractivity contribution is 6.35. The number of nitrogens with two attached hydrogens (primary N) is 1. The highest BCUT2D eigenvalue weighted by Crippen LogP contribution is 2.34. The van der Waals surface area contributed by atoms with Crippen LogP contribution >= 0.6 is 11.6 Å². The van der Waals surface area contributed by atoms with Gasteiger partial charge in [-0.25, -0.2) is 4.98 Å². The van der Waals surface area contributed by atoms with Gasteiger partial charge < -0.3 is 20.4 Å². The quantitative estimate of drug-likeness (QED) is 0.412. The molecule has 3 N–H and O–H groups in total. The Morgan fingerprint density at radius 3 is 2.85 bits per heavy atom. The van der Waals surface area contributed by atoms with E-state index in [0.717, 1.165) is 33.2 Å². The summed E-state index contributed by atoms with van der Waals surface area (Å²) in [5.74, 6) is 0.788. The van der Waals surface area contributed by atoms with Crippen molar-refractivity contribution in [1.29, 1.82) is 0 Å². The first-order valence-electron chi connectivity index (χ1n) is 10.7. The summed E-state index contributed by atoms with van der Waals surface area (Å²) < 4.78 is 5.87. The molecule has 34 heavy (non-hydrogen) atoms. The van der Waals surface area contributed by atoms with Crippen LogP contribution in [0.15, 0.2) is 65.2 Å². The summed E-state index contributed by atoms with van der Waals surface area (Å²) in [5, 5.41) is 4.12. The SMILES string of the molecule is CN1Cc2cc(-c3cc(Cl)c4oc(CNC(=O)C=Cc5ccc(N)nc5)cc4c3)ccc2C1=O. The zero-order chi connectivity index (χ0) is 23.8. The molecule has 7 nitrogen and oxygen atoms in total. The smallest absolute Gasteiger partial charge is 0.254 e. The zero-order valence-electron chi connectivity index (χ0n) is 18.3. The van der Waals surface area contributed by atoms with Crippen LogP contribution in [0.25, 0.3) is 28.2 Å². The Bertz CT molecular complexity index is 1460. The molecule has 3 heterocycles. The Morgan fingerprint density at radius 1 is 1.21 bits per heavy atom. The van der Waals surface area contributed by atoms with Crippen LogP contribution in [0.1, 0.15) is 27.2 Å². The van der Waals surface area contributed by atoms with E-state index in [1.165, 1.54) is 6.08 Å². The molecule has 4 aromatic rings. The Balaban J connectivity index is 1.32. The highest BCUT2D eigenvalue weighted by atomic mass is 35.5. The third-order valence-electron chi connectivity index (χ3n) is 5.72. The molecule has 0 fully saturated rings. The number of fused-ring (bicyclic) bond motifs is 2. The lowest BCUT2D eigenvalue weighted by Crippen LogP contribution is -2.19. The maximum atomic E-state index is 12.2. The summed E-state index contributed by atoms with van der Waals surface area (Å²) in [5.41, 5.74) is 10.5. The number of hydrogen-bond donors (Lipinski definition) is 2. The van der Waals surface area contributed by atoms with E-state index in [2.05, 4.69) is 10.3 Å². The van der Waals surface area contributed by atoms with Gasteiger partial charge in [0.2, 0.25) is 5.91 Å². The van der Waals surface area contributed by atoms with Gasteiger partial charge in [0, 0.05) is 36.8 Å². The van der Waals surface area contributed by atoms with Crippen LogP contribution in [0.4, 0.5) is 5.82 Å². The van der Waals surface area contributed by atoms with E-state index in [-0.39, 0.29) is 18.4 Å². The van der Waals surface area contributed by atoms with Crippen LogP contribution in [0.3, 0.4) is 0 Å². The lowest BCUT2D eigenvalue weighted by Gasteiger charge is -2.05. The molecular formula is C26H21ClN4O3. The number of pyridine rings is 1. The Labute approximate surface area is 200 Å². The number of halogens is 1. The predicted molar refractivity (Wildman–Crippen MR) is 132 cm³/mol. The van der Waals surface area contributed by atoms with Crippen molar-refractivity contribution in [2.75, 3.05) is 12.8 Å². The number of carbonyl (C=O) groups is 2. The van der Waals surface area contributed by atoms with E-state index >= 15 is 0 Å². The topological polar surface area (TPSA) is 101 Å². The number of carbonyl (C=O) groups excluding carboxylic acids is 2. The maximum Gasteiger partial charge on any atom is 0.254 e. The Morgan fingerprint density at radius 2 is 2.06 bits per heavy atom. The van der Waals surface area contributed by atoms with Crippen molar-refractivity contribution < 1.29 is 14.0 Å². The molecule has 0 saturated carbocycles. The van der Waals surface area contributed by atoms with E-state index < -0.39 is 0 Å². The molecule has 2 amide bonds. The van der Waals surface area contributed by atoms with E-state index in [4.69, 9.17) is 21.8 Å². The zero-order valence-corrected chi connectivity index (χ0v) is 19.1. The predicted octanol–water partition coefficient (Wildman–Crippen LogP) is 4.65. The number of anilines is 1. The molecule has 0 bridgehead atoms. The van der Waals surface area contributed by atoms with E-state index in [9.17, 15) is 9.59 Å². The molecule has 0 aliphatic carbocycles. The second-order valence-electron chi connectivity index (χ2n) is 8.19. The molecule has 1 aliphatic rings. The Kier molecular flexibility index (Phi) is 5.55.